The van der Waals surface area contributed by atoms with E-state index in [-0.39, 0.29) is 34.5 Å². The van der Waals surface area contributed by atoms with Crippen LogP contribution in [0.1, 0.15) is 104 Å². The number of rotatable bonds is 9. The van der Waals surface area contributed by atoms with Crippen molar-refractivity contribution in [1.29, 1.82) is 0 Å². The molecule has 6 heteroatoms. The zero-order valence-corrected chi connectivity index (χ0v) is 27.1. The van der Waals surface area contributed by atoms with E-state index in [1.165, 1.54) is 11.6 Å². The van der Waals surface area contributed by atoms with Crippen LogP contribution in [-0.4, -0.2) is 33.5 Å². The first-order valence-corrected chi connectivity index (χ1v) is 15.5. The van der Waals surface area contributed by atoms with Gasteiger partial charge >= 0.3 is 0 Å². The fraction of sp³-hybridized carbons (Fsp3) is 0.514. The van der Waals surface area contributed by atoms with Crippen molar-refractivity contribution in [2.75, 3.05) is 0 Å². The van der Waals surface area contributed by atoms with E-state index in [4.69, 9.17) is 14.2 Å². The fourth-order valence-corrected chi connectivity index (χ4v) is 7.39. The van der Waals surface area contributed by atoms with E-state index in [0.29, 0.717) is 36.1 Å². The molecule has 0 aromatic heterocycles. The largest absolute Gasteiger partial charge is 0.507 e. The van der Waals surface area contributed by atoms with Crippen LogP contribution in [0.15, 0.2) is 64.5 Å². The Hall–Kier alpha value is -3.38. The van der Waals surface area contributed by atoms with Crippen LogP contribution in [0.25, 0.3) is 0 Å². The lowest BCUT2D eigenvalue weighted by Crippen LogP contribution is -2.72. The molecular formula is C37H46O6. The first kappa shape index (κ1) is 31.1. The van der Waals surface area contributed by atoms with Gasteiger partial charge in [-0.1, -0.05) is 41.0 Å². The van der Waals surface area contributed by atoms with Crippen LogP contribution in [-0.2, 0) is 16.0 Å². The highest BCUT2D eigenvalue weighted by Gasteiger charge is 2.81. The summed E-state index contributed by atoms with van der Waals surface area (Å²) in [6.07, 6.45) is 12.8. The third-order valence-corrected chi connectivity index (χ3v) is 9.41. The Morgan fingerprint density at radius 2 is 1.70 bits per heavy atom. The summed E-state index contributed by atoms with van der Waals surface area (Å²) in [6, 6.07) is 1.52. The van der Waals surface area contributed by atoms with E-state index in [0.717, 1.165) is 29.6 Å². The summed E-state index contributed by atoms with van der Waals surface area (Å²) in [5, 5.41) is 11.3. The Labute approximate surface area is 256 Å². The molecule has 1 spiro atoms. The van der Waals surface area contributed by atoms with Gasteiger partial charge in [-0.3, -0.25) is 9.59 Å². The van der Waals surface area contributed by atoms with Gasteiger partial charge in [-0.2, -0.15) is 0 Å². The molecule has 0 unspecified atom stereocenters. The van der Waals surface area contributed by atoms with Crippen molar-refractivity contribution in [2.45, 2.75) is 111 Å². The van der Waals surface area contributed by atoms with Gasteiger partial charge in [0.15, 0.2) is 22.8 Å². The normalized spacial score (nSPS) is 27.9. The van der Waals surface area contributed by atoms with Crippen molar-refractivity contribution in [2.24, 2.45) is 11.8 Å². The number of benzene rings is 1. The van der Waals surface area contributed by atoms with E-state index in [1.807, 2.05) is 54.5 Å². The molecule has 0 amide bonds. The Morgan fingerprint density at radius 1 is 1.02 bits per heavy atom. The van der Waals surface area contributed by atoms with Crippen LogP contribution < -0.4 is 9.47 Å². The Bertz CT molecular complexity index is 1520. The van der Waals surface area contributed by atoms with E-state index in [9.17, 15) is 14.7 Å². The molecule has 0 radical (unpaired) electrons. The minimum absolute atomic E-state index is 0.0378. The molecule has 6 rings (SSSR count). The lowest BCUT2D eigenvalue weighted by Gasteiger charge is -2.56. The molecule has 1 aromatic carbocycles. The Morgan fingerprint density at radius 3 is 2.35 bits per heavy atom. The quantitative estimate of drug-likeness (QED) is 0.232. The maximum Gasteiger partial charge on any atom is 0.200 e. The number of phenols is 1. The lowest BCUT2D eigenvalue weighted by molar-refractivity contribution is -0.171. The molecule has 2 heterocycles. The summed E-state index contributed by atoms with van der Waals surface area (Å²) in [5.74, 6) is -0.490. The van der Waals surface area contributed by atoms with Gasteiger partial charge in [0.2, 0.25) is 0 Å². The maximum atomic E-state index is 14.5. The molecule has 2 fully saturated rings. The molecule has 5 aliphatic rings. The molecule has 1 aromatic rings. The summed E-state index contributed by atoms with van der Waals surface area (Å²) >= 11 is 0. The van der Waals surface area contributed by atoms with Crippen LogP contribution in [0.3, 0.4) is 0 Å². The number of allylic oxidation sites excluding steroid dienone is 7. The van der Waals surface area contributed by atoms with Crippen molar-refractivity contribution in [3.05, 3.63) is 75.6 Å². The maximum absolute atomic E-state index is 14.5. The van der Waals surface area contributed by atoms with Crippen LogP contribution in [0, 0.1) is 11.8 Å². The summed E-state index contributed by atoms with van der Waals surface area (Å²) in [7, 11) is 0. The second kappa shape index (κ2) is 11.0. The van der Waals surface area contributed by atoms with E-state index < -0.39 is 22.7 Å². The molecular weight excluding hydrogens is 540 g/mol. The number of ketones is 2. The van der Waals surface area contributed by atoms with Crippen LogP contribution in [0.2, 0.25) is 0 Å². The van der Waals surface area contributed by atoms with E-state index in [1.54, 1.807) is 12.3 Å². The predicted octanol–water partition coefficient (Wildman–Crippen LogP) is 8.29. The molecule has 3 aliphatic carbocycles. The minimum atomic E-state index is -1.35. The first-order valence-electron chi connectivity index (χ1n) is 15.5. The fourth-order valence-electron chi connectivity index (χ4n) is 7.39. The second-order valence-corrected chi connectivity index (χ2v) is 14.0. The molecule has 6 nitrogen and oxygen atoms in total. The average molecular weight is 587 g/mol. The van der Waals surface area contributed by atoms with Crippen molar-refractivity contribution in [1.82, 2.24) is 0 Å². The number of carbonyl (C=O) groups excluding carboxylic acids is 2. The lowest BCUT2D eigenvalue weighted by atomic mass is 9.51. The molecule has 2 aliphatic heterocycles. The van der Waals surface area contributed by atoms with Gasteiger partial charge in [0.1, 0.15) is 22.8 Å². The van der Waals surface area contributed by atoms with Gasteiger partial charge in [0.05, 0.1) is 11.9 Å². The highest BCUT2D eigenvalue weighted by molar-refractivity contribution is 6.18. The van der Waals surface area contributed by atoms with Gasteiger partial charge in [0, 0.05) is 35.5 Å². The van der Waals surface area contributed by atoms with E-state index in [2.05, 4.69) is 26.0 Å². The number of aromatic hydroxyl groups is 1. The number of hydrogen-bond donors (Lipinski definition) is 1. The number of fused-ring (bicyclic) bond motifs is 1. The third kappa shape index (κ3) is 4.92. The topological polar surface area (TPSA) is 82.1 Å². The highest BCUT2D eigenvalue weighted by atomic mass is 16.6. The SMILES string of the molecule is CC(C)=CCC/C(C)=C\Oc1cc(O)c2c(c1CC=C(C)C)O[C@]13C(=C[C@@H]4C[C@H]1C(C)(C)O[C@@]3(CC=C(C)C)C4=O)C2=O. The number of Topliss-reactive ketones (excluding diaryl/α,β-unsaturated/α-hetero) is 2. The second-order valence-electron chi connectivity index (χ2n) is 14.0. The number of hydrogen-bond acceptors (Lipinski definition) is 6. The average Bonchev–Trinajstić information content (AvgIpc) is 3.07. The molecule has 1 N–H and O–H groups in total. The molecule has 230 valence electrons. The monoisotopic (exact) mass is 586 g/mol. The van der Waals surface area contributed by atoms with Crippen LogP contribution in [0.5, 0.6) is 17.2 Å². The highest BCUT2D eigenvalue weighted by Crippen LogP contribution is 2.68. The number of carbonyl (C=O) groups is 2. The zero-order valence-electron chi connectivity index (χ0n) is 27.1. The Balaban J connectivity index is 1.69. The summed E-state index contributed by atoms with van der Waals surface area (Å²) in [4.78, 5) is 28.6. The van der Waals surface area contributed by atoms with Crippen LogP contribution in [0.4, 0.5) is 0 Å². The zero-order chi connectivity index (χ0) is 31.5. The van der Waals surface area contributed by atoms with Gasteiger partial charge in [-0.25, -0.2) is 0 Å². The first-order chi connectivity index (χ1) is 20.1. The van der Waals surface area contributed by atoms with Crippen molar-refractivity contribution >= 4 is 11.6 Å². The van der Waals surface area contributed by atoms with Crippen LogP contribution >= 0.6 is 0 Å². The number of phenolic OH excluding ortho intramolecular Hbond substituents is 1. The summed E-state index contributed by atoms with van der Waals surface area (Å²) in [5.41, 5.74) is 2.33. The standard InChI is InChI=1S/C37H46O6/c1-21(2)11-10-12-24(7)20-41-29-19-28(38)31-32(39)27-17-25-18-30-35(8,9)43-36(34(25)40,16-15-23(5)6)37(27,30)42-33(31)26(29)14-13-22(3)4/h11,13,15,17,19-20,25,30,38H,10,12,14,16,18H2,1-9H3/b24-20-/t25-,30+,36+,37-/m1/s1. The predicted molar refractivity (Wildman–Crippen MR) is 169 cm³/mol. The van der Waals surface area contributed by atoms with Crippen molar-refractivity contribution in [3.63, 3.8) is 0 Å². The molecule has 4 bridgehead atoms. The van der Waals surface area contributed by atoms with Crippen molar-refractivity contribution < 1.29 is 28.9 Å². The summed E-state index contributed by atoms with van der Waals surface area (Å²) < 4.78 is 20.1. The van der Waals surface area contributed by atoms with Gasteiger partial charge in [-0.15, -0.1) is 0 Å². The van der Waals surface area contributed by atoms with E-state index >= 15 is 0 Å². The van der Waals surface area contributed by atoms with Crippen molar-refractivity contribution in [3.8, 4) is 17.2 Å². The summed E-state index contributed by atoms with van der Waals surface area (Å²) in [6.45, 7) is 18.2. The molecule has 1 saturated carbocycles. The molecule has 1 saturated heterocycles. The molecule has 4 atom stereocenters. The van der Waals surface area contributed by atoms with Gasteiger partial charge in [-0.05, 0) is 93.6 Å². The third-order valence-electron chi connectivity index (χ3n) is 9.41. The molecule has 43 heavy (non-hydrogen) atoms. The van der Waals surface area contributed by atoms with Gasteiger partial charge < -0.3 is 19.3 Å². The van der Waals surface area contributed by atoms with Gasteiger partial charge in [0.25, 0.3) is 0 Å². The number of ether oxygens (including phenoxy) is 3. The minimum Gasteiger partial charge on any atom is -0.507 e. The Kier molecular flexibility index (Phi) is 7.92. The smallest absolute Gasteiger partial charge is 0.200 e.